The van der Waals surface area contributed by atoms with Crippen LogP contribution in [-0.2, 0) is 6.61 Å². The molecule has 3 rings (SSSR count). The minimum absolute atomic E-state index is 0.105. The summed E-state index contributed by atoms with van der Waals surface area (Å²) in [6.45, 7) is 0.128. The highest BCUT2D eigenvalue weighted by molar-refractivity contribution is 9.10. The van der Waals surface area contributed by atoms with Gasteiger partial charge in [-0.3, -0.25) is 0 Å². The van der Waals surface area contributed by atoms with Crippen molar-refractivity contribution in [1.29, 1.82) is 0 Å². The molecule has 0 saturated heterocycles. The van der Waals surface area contributed by atoms with E-state index in [-0.39, 0.29) is 11.6 Å². The molecule has 21 heavy (non-hydrogen) atoms. The first kappa shape index (κ1) is 14.4. The van der Waals surface area contributed by atoms with Crippen molar-refractivity contribution in [2.24, 2.45) is 0 Å². The monoisotopic (exact) mass is 364 g/mol. The molecule has 3 aromatic carbocycles. The number of hydrogen-bond acceptors (Lipinski definition) is 1. The summed E-state index contributed by atoms with van der Waals surface area (Å²) in [7, 11) is 0. The predicted molar refractivity (Wildman–Crippen MR) is 87.4 cm³/mol. The molecule has 0 spiro atoms. The number of halogens is 3. The van der Waals surface area contributed by atoms with Crippen LogP contribution in [0.1, 0.15) is 5.56 Å². The molecule has 3 aromatic rings. The Morgan fingerprint density at radius 2 is 1.81 bits per heavy atom. The standard InChI is InChI=1S/C17H11BrClFO/c18-16-13-6-2-1-4-11(13)8-9-15(16)21-10-12-5-3-7-14(19)17(12)20/h1-9H,10H2. The van der Waals surface area contributed by atoms with Gasteiger partial charge in [0.05, 0.1) is 9.50 Å². The molecule has 0 saturated carbocycles. The third-order valence-electron chi connectivity index (χ3n) is 3.24. The predicted octanol–water partition coefficient (Wildman–Crippen LogP) is 5.97. The topological polar surface area (TPSA) is 9.23 Å². The fourth-order valence-corrected chi connectivity index (χ4v) is 2.94. The largest absolute Gasteiger partial charge is 0.488 e. The fourth-order valence-electron chi connectivity index (χ4n) is 2.14. The zero-order valence-electron chi connectivity index (χ0n) is 10.9. The molecule has 106 valence electrons. The van der Waals surface area contributed by atoms with E-state index < -0.39 is 5.82 Å². The van der Waals surface area contributed by atoms with Gasteiger partial charge >= 0.3 is 0 Å². The van der Waals surface area contributed by atoms with Gasteiger partial charge in [-0.15, -0.1) is 0 Å². The Kier molecular flexibility index (Phi) is 4.13. The summed E-state index contributed by atoms with van der Waals surface area (Å²) in [4.78, 5) is 0. The van der Waals surface area contributed by atoms with Crippen LogP contribution in [0.15, 0.2) is 59.1 Å². The molecule has 1 nitrogen and oxygen atoms in total. The van der Waals surface area contributed by atoms with Gasteiger partial charge in [-0.25, -0.2) is 4.39 Å². The molecule has 0 bridgehead atoms. The van der Waals surface area contributed by atoms with Crippen molar-refractivity contribution in [3.8, 4) is 5.75 Å². The summed E-state index contributed by atoms with van der Waals surface area (Å²) in [5, 5.41) is 2.28. The Labute approximate surface area is 135 Å². The second kappa shape index (κ2) is 6.04. The van der Waals surface area contributed by atoms with E-state index in [4.69, 9.17) is 16.3 Å². The van der Waals surface area contributed by atoms with Crippen LogP contribution in [0.3, 0.4) is 0 Å². The van der Waals surface area contributed by atoms with E-state index in [1.54, 1.807) is 12.1 Å². The third-order valence-corrected chi connectivity index (χ3v) is 4.35. The average Bonchev–Trinajstić information content (AvgIpc) is 2.51. The maximum absolute atomic E-state index is 13.8. The summed E-state index contributed by atoms with van der Waals surface area (Å²) in [5.41, 5.74) is 0.433. The number of ether oxygens (including phenoxy) is 1. The highest BCUT2D eigenvalue weighted by atomic mass is 79.9. The van der Waals surface area contributed by atoms with Crippen molar-refractivity contribution in [2.75, 3.05) is 0 Å². The number of benzene rings is 3. The van der Waals surface area contributed by atoms with Crippen molar-refractivity contribution in [2.45, 2.75) is 6.61 Å². The summed E-state index contributed by atoms with van der Waals surface area (Å²) in [6, 6.07) is 16.7. The number of rotatable bonds is 3. The van der Waals surface area contributed by atoms with Crippen molar-refractivity contribution in [3.63, 3.8) is 0 Å². The third kappa shape index (κ3) is 2.89. The van der Waals surface area contributed by atoms with Gasteiger partial charge in [0.25, 0.3) is 0 Å². The highest BCUT2D eigenvalue weighted by Crippen LogP contribution is 2.33. The van der Waals surface area contributed by atoms with Crippen LogP contribution in [0, 0.1) is 5.82 Å². The molecule has 0 aliphatic rings. The molecule has 0 heterocycles. The Bertz CT molecular complexity index is 804. The first-order chi connectivity index (χ1) is 10.2. The van der Waals surface area contributed by atoms with Gasteiger partial charge in [0, 0.05) is 5.56 Å². The molecular formula is C17H11BrClFO. The smallest absolute Gasteiger partial charge is 0.148 e. The summed E-state index contributed by atoms with van der Waals surface area (Å²) in [5.74, 6) is 0.240. The van der Waals surface area contributed by atoms with Crippen molar-refractivity contribution in [1.82, 2.24) is 0 Å². The van der Waals surface area contributed by atoms with Crippen LogP contribution in [0.4, 0.5) is 4.39 Å². The molecule has 0 fully saturated rings. The summed E-state index contributed by atoms with van der Waals surface area (Å²) in [6.07, 6.45) is 0. The minimum Gasteiger partial charge on any atom is -0.488 e. The van der Waals surface area contributed by atoms with E-state index in [1.807, 2.05) is 36.4 Å². The zero-order valence-corrected chi connectivity index (χ0v) is 13.3. The molecule has 4 heteroatoms. The van der Waals surface area contributed by atoms with E-state index >= 15 is 0 Å². The summed E-state index contributed by atoms with van der Waals surface area (Å²) >= 11 is 9.31. The molecule has 0 amide bonds. The molecule has 0 N–H and O–H groups in total. The van der Waals surface area contributed by atoms with E-state index in [1.165, 1.54) is 6.07 Å². The lowest BCUT2D eigenvalue weighted by Crippen LogP contribution is -1.99. The second-order valence-corrected chi connectivity index (χ2v) is 5.80. The van der Waals surface area contributed by atoms with Crippen LogP contribution >= 0.6 is 27.5 Å². The van der Waals surface area contributed by atoms with Gasteiger partial charge < -0.3 is 4.74 Å². The lowest BCUT2D eigenvalue weighted by molar-refractivity contribution is 0.298. The van der Waals surface area contributed by atoms with Gasteiger partial charge in [-0.2, -0.15) is 0 Å². The van der Waals surface area contributed by atoms with Crippen LogP contribution in [-0.4, -0.2) is 0 Å². The SMILES string of the molecule is Fc1c(Cl)cccc1COc1ccc2ccccc2c1Br. The first-order valence-corrected chi connectivity index (χ1v) is 7.57. The molecule has 0 aliphatic heterocycles. The van der Waals surface area contributed by atoms with Gasteiger partial charge in [0.1, 0.15) is 18.2 Å². The minimum atomic E-state index is -0.434. The fraction of sp³-hybridized carbons (Fsp3) is 0.0588. The van der Waals surface area contributed by atoms with Crippen molar-refractivity contribution in [3.05, 3.63) is 75.5 Å². The zero-order chi connectivity index (χ0) is 14.8. The van der Waals surface area contributed by atoms with Gasteiger partial charge in [0.2, 0.25) is 0 Å². The summed E-state index contributed by atoms with van der Waals surface area (Å²) < 4.78 is 20.4. The van der Waals surface area contributed by atoms with E-state index in [0.717, 1.165) is 15.2 Å². The molecule has 0 aromatic heterocycles. The molecule has 0 radical (unpaired) electrons. The number of hydrogen-bond donors (Lipinski definition) is 0. The van der Waals surface area contributed by atoms with Crippen LogP contribution in [0.2, 0.25) is 5.02 Å². The Balaban J connectivity index is 1.89. The highest BCUT2D eigenvalue weighted by Gasteiger charge is 2.09. The Morgan fingerprint density at radius 3 is 2.67 bits per heavy atom. The van der Waals surface area contributed by atoms with Gasteiger partial charge in [-0.1, -0.05) is 54.1 Å². The first-order valence-electron chi connectivity index (χ1n) is 6.40. The molecule has 0 unspecified atom stereocenters. The Morgan fingerprint density at radius 1 is 1.00 bits per heavy atom. The second-order valence-electron chi connectivity index (χ2n) is 4.60. The Hall–Kier alpha value is -1.58. The lowest BCUT2D eigenvalue weighted by atomic mass is 10.1. The van der Waals surface area contributed by atoms with Crippen molar-refractivity contribution >= 4 is 38.3 Å². The normalized spacial score (nSPS) is 10.8. The van der Waals surface area contributed by atoms with E-state index in [2.05, 4.69) is 15.9 Å². The van der Waals surface area contributed by atoms with E-state index in [9.17, 15) is 4.39 Å². The maximum atomic E-state index is 13.8. The van der Waals surface area contributed by atoms with Gasteiger partial charge in [0.15, 0.2) is 0 Å². The number of fused-ring (bicyclic) bond motifs is 1. The molecular weight excluding hydrogens is 355 g/mol. The van der Waals surface area contributed by atoms with Crippen LogP contribution in [0.25, 0.3) is 10.8 Å². The molecule has 0 aliphatic carbocycles. The van der Waals surface area contributed by atoms with Crippen LogP contribution < -0.4 is 4.74 Å². The van der Waals surface area contributed by atoms with Gasteiger partial charge in [-0.05, 0) is 38.8 Å². The van der Waals surface area contributed by atoms with Crippen LogP contribution in [0.5, 0.6) is 5.75 Å². The maximum Gasteiger partial charge on any atom is 0.148 e. The van der Waals surface area contributed by atoms with E-state index in [0.29, 0.717) is 11.3 Å². The quantitative estimate of drug-likeness (QED) is 0.555. The van der Waals surface area contributed by atoms with Crippen molar-refractivity contribution < 1.29 is 9.13 Å². The average molecular weight is 366 g/mol. The lowest BCUT2D eigenvalue weighted by Gasteiger charge is -2.11. The molecule has 0 atom stereocenters.